The zero-order valence-electron chi connectivity index (χ0n) is 10.1. The van der Waals surface area contributed by atoms with Crippen LogP contribution in [0.3, 0.4) is 0 Å². The minimum atomic E-state index is -0.430. The van der Waals surface area contributed by atoms with Gasteiger partial charge in [0.05, 0.1) is 17.2 Å². The van der Waals surface area contributed by atoms with E-state index >= 15 is 0 Å². The number of nitrogens with zero attached hydrogens (tertiary/aromatic N) is 1. The molecule has 0 aromatic heterocycles. The summed E-state index contributed by atoms with van der Waals surface area (Å²) in [7, 11) is 3.94. The first kappa shape index (κ1) is 13.8. The Bertz CT molecular complexity index is 394. The molecule has 0 saturated carbocycles. The van der Waals surface area contributed by atoms with Crippen molar-refractivity contribution in [2.45, 2.75) is 6.42 Å². The molecule has 0 aliphatic rings. The van der Waals surface area contributed by atoms with Gasteiger partial charge in [0, 0.05) is 12.2 Å². The van der Waals surface area contributed by atoms with Gasteiger partial charge in [-0.3, -0.25) is 0 Å². The Morgan fingerprint density at radius 1 is 1.47 bits per heavy atom. The van der Waals surface area contributed by atoms with E-state index in [2.05, 4.69) is 0 Å². The van der Waals surface area contributed by atoms with Crippen LogP contribution in [-0.4, -0.2) is 38.1 Å². The van der Waals surface area contributed by atoms with Crippen LogP contribution in [0.4, 0.5) is 5.69 Å². The predicted octanol–water partition coefficient (Wildman–Crippen LogP) is 2.03. The van der Waals surface area contributed by atoms with Gasteiger partial charge < -0.3 is 15.4 Å². The Morgan fingerprint density at radius 2 is 2.18 bits per heavy atom. The molecule has 1 aromatic carbocycles. The van der Waals surface area contributed by atoms with Gasteiger partial charge in [-0.05, 0) is 38.7 Å². The van der Waals surface area contributed by atoms with Crippen LogP contribution in [-0.2, 0) is 4.74 Å². The molecule has 0 bridgehead atoms. The largest absolute Gasteiger partial charge is 0.462 e. The smallest absolute Gasteiger partial charge is 0.339 e. The third-order valence-electron chi connectivity index (χ3n) is 2.19. The van der Waals surface area contributed by atoms with Crippen LogP contribution in [0.25, 0.3) is 0 Å². The SMILES string of the molecule is CN(C)CCCOC(=O)c1cc(N)ccc1Cl. The molecule has 5 heteroatoms. The number of nitrogens with two attached hydrogens (primary N) is 1. The molecule has 0 radical (unpaired) electrons. The molecular formula is C12H17ClN2O2. The predicted molar refractivity (Wildman–Crippen MR) is 69.3 cm³/mol. The quantitative estimate of drug-likeness (QED) is 0.498. The van der Waals surface area contributed by atoms with Crippen molar-refractivity contribution in [3.63, 3.8) is 0 Å². The highest BCUT2D eigenvalue weighted by Crippen LogP contribution is 2.19. The second-order valence-electron chi connectivity index (χ2n) is 4.03. The fraction of sp³-hybridized carbons (Fsp3) is 0.417. The van der Waals surface area contributed by atoms with E-state index in [1.54, 1.807) is 12.1 Å². The van der Waals surface area contributed by atoms with E-state index in [1.165, 1.54) is 6.07 Å². The number of hydrogen-bond donors (Lipinski definition) is 1. The van der Waals surface area contributed by atoms with E-state index in [4.69, 9.17) is 22.1 Å². The maximum atomic E-state index is 11.7. The van der Waals surface area contributed by atoms with Crippen LogP contribution in [0.5, 0.6) is 0 Å². The Hall–Kier alpha value is -1.26. The molecule has 0 atom stereocenters. The van der Waals surface area contributed by atoms with Crippen molar-refractivity contribution in [3.8, 4) is 0 Å². The van der Waals surface area contributed by atoms with Crippen LogP contribution < -0.4 is 5.73 Å². The lowest BCUT2D eigenvalue weighted by Gasteiger charge is -2.10. The minimum absolute atomic E-state index is 0.316. The Balaban J connectivity index is 2.49. The van der Waals surface area contributed by atoms with E-state index in [9.17, 15) is 4.79 Å². The van der Waals surface area contributed by atoms with E-state index in [1.807, 2.05) is 19.0 Å². The molecule has 0 saturated heterocycles. The lowest BCUT2D eigenvalue weighted by atomic mass is 10.2. The average molecular weight is 257 g/mol. The van der Waals surface area contributed by atoms with Crippen molar-refractivity contribution in [2.24, 2.45) is 0 Å². The van der Waals surface area contributed by atoms with Crippen molar-refractivity contribution < 1.29 is 9.53 Å². The molecule has 94 valence electrons. The summed E-state index contributed by atoms with van der Waals surface area (Å²) in [6, 6.07) is 4.76. The fourth-order valence-corrected chi connectivity index (χ4v) is 1.52. The summed E-state index contributed by atoms with van der Waals surface area (Å²) in [5.41, 5.74) is 6.40. The molecule has 0 unspecified atom stereocenters. The van der Waals surface area contributed by atoms with Crippen LogP contribution in [0.2, 0.25) is 5.02 Å². The monoisotopic (exact) mass is 256 g/mol. The molecule has 0 aliphatic heterocycles. The molecule has 1 aromatic rings. The maximum Gasteiger partial charge on any atom is 0.339 e. The minimum Gasteiger partial charge on any atom is -0.462 e. The summed E-state index contributed by atoms with van der Waals surface area (Å²) in [5.74, 6) is -0.430. The highest BCUT2D eigenvalue weighted by atomic mass is 35.5. The summed E-state index contributed by atoms with van der Waals surface area (Å²) in [5, 5.41) is 0.358. The topological polar surface area (TPSA) is 55.6 Å². The molecule has 1 rings (SSSR count). The Kier molecular flexibility index (Phi) is 5.25. The van der Waals surface area contributed by atoms with E-state index in [0.717, 1.165) is 13.0 Å². The van der Waals surface area contributed by atoms with E-state index < -0.39 is 5.97 Å². The van der Waals surface area contributed by atoms with Gasteiger partial charge in [-0.1, -0.05) is 11.6 Å². The number of benzene rings is 1. The van der Waals surface area contributed by atoms with Gasteiger partial charge in [0.25, 0.3) is 0 Å². The number of anilines is 1. The highest BCUT2D eigenvalue weighted by molar-refractivity contribution is 6.33. The number of hydrogen-bond acceptors (Lipinski definition) is 4. The first-order chi connectivity index (χ1) is 8.00. The molecule has 0 spiro atoms. The molecule has 0 aliphatic carbocycles. The number of rotatable bonds is 5. The molecule has 0 fully saturated rings. The van der Waals surface area contributed by atoms with Gasteiger partial charge in [-0.15, -0.1) is 0 Å². The maximum absolute atomic E-state index is 11.7. The highest BCUT2D eigenvalue weighted by Gasteiger charge is 2.11. The second kappa shape index (κ2) is 6.47. The number of halogens is 1. The number of ether oxygens (including phenoxy) is 1. The van der Waals surface area contributed by atoms with Gasteiger partial charge >= 0.3 is 5.97 Å². The van der Waals surface area contributed by atoms with Crippen LogP contribution in [0.1, 0.15) is 16.8 Å². The van der Waals surface area contributed by atoms with Crippen molar-refractivity contribution in [3.05, 3.63) is 28.8 Å². The molecule has 0 amide bonds. The average Bonchev–Trinajstić information content (AvgIpc) is 2.27. The van der Waals surface area contributed by atoms with Crippen LogP contribution in [0, 0.1) is 0 Å². The van der Waals surface area contributed by atoms with Crippen molar-refractivity contribution in [1.82, 2.24) is 4.90 Å². The summed E-state index contributed by atoms with van der Waals surface area (Å²) >= 11 is 5.89. The first-order valence-electron chi connectivity index (χ1n) is 5.37. The molecule has 4 nitrogen and oxygen atoms in total. The van der Waals surface area contributed by atoms with Gasteiger partial charge in [-0.25, -0.2) is 4.79 Å². The first-order valence-corrected chi connectivity index (χ1v) is 5.75. The Morgan fingerprint density at radius 3 is 2.82 bits per heavy atom. The third-order valence-corrected chi connectivity index (χ3v) is 2.52. The zero-order valence-corrected chi connectivity index (χ0v) is 10.8. The van der Waals surface area contributed by atoms with Crippen molar-refractivity contribution >= 4 is 23.3 Å². The number of esters is 1. The Labute approximate surface area is 106 Å². The lowest BCUT2D eigenvalue weighted by molar-refractivity contribution is 0.0493. The van der Waals surface area contributed by atoms with Crippen molar-refractivity contribution in [1.29, 1.82) is 0 Å². The van der Waals surface area contributed by atoms with Crippen LogP contribution in [0.15, 0.2) is 18.2 Å². The lowest BCUT2D eigenvalue weighted by Crippen LogP contribution is -2.16. The summed E-state index contributed by atoms with van der Waals surface area (Å²) in [6.07, 6.45) is 0.790. The normalized spacial score (nSPS) is 10.6. The summed E-state index contributed by atoms with van der Waals surface area (Å²) in [4.78, 5) is 13.7. The van der Waals surface area contributed by atoms with E-state index in [0.29, 0.717) is 22.9 Å². The van der Waals surface area contributed by atoms with Gasteiger partial charge in [0.15, 0.2) is 0 Å². The fourth-order valence-electron chi connectivity index (χ4n) is 1.32. The number of carbonyl (C=O) groups is 1. The third kappa shape index (κ3) is 4.63. The molecule has 0 heterocycles. The molecular weight excluding hydrogens is 240 g/mol. The van der Waals surface area contributed by atoms with Crippen molar-refractivity contribution in [2.75, 3.05) is 33.0 Å². The second-order valence-corrected chi connectivity index (χ2v) is 4.44. The van der Waals surface area contributed by atoms with Gasteiger partial charge in [0.2, 0.25) is 0 Å². The molecule has 17 heavy (non-hydrogen) atoms. The summed E-state index contributed by atoms with van der Waals surface area (Å²) in [6.45, 7) is 1.25. The standard InChI is InChI=1S/C12H17ClN2O2/c1-15(2)6-3-7-17-12(16)10-8-9(14)4-5-11(10)13/h4-5,8H,3,6-7,14H2,1-2H3. The number of nitrogen functional groups attached to an aromatic ring is 1. The molecule has 2 N–H and O–H groups in total. The zero-order chi connectivity index (χ0) is 12.8. The van der Waals surface area contributed by atoms with Crippen LogP contribution >= 0.6 is 11.6 Å². The number of carbonyl (C=O) groups excluding carboxylic acids is 1. The van der Waals surface area contributed by atoms with E-state index in [-0.39, 0.29) is 0 Å². The van der Waals surface area contributed by atoms with Gasteiger partial charge in [-0.2, -0.15) is 0 Å². The summed E-state index contributed by atoms with van der Waals surface area (Å²) < 4.78 is 5.11. The van der Waals surface area contributed by atoms with Gasteiger partial charge in [0.1, 0.15) is 0 Å².